The zero-order valence-electron chi connectivity index (χ0n) is 24.8. The van der Waals surface area contributed by atoms with E-state index >= 15 is 0 Å². The number of hydrogen-bond acceptors (Lipinski definition) is 5. The Morgan fingerprint density at radius 3 is 1.89 bits per heavy atom. The number of sulfonamides is 1. The van der Waals surface area contributed by atoms with E-state index in [4.69, 9.17) is 4.74 Å². The first-order valence-electron chi connectivity index (χ1n) is 14.5. The molecular formula is C36H32FN3O5S. The van der Waals surface area contributed by atoms with E-state index in [1.165, 1.54) is 41.3 Å². The highest BCUT2D eigenvalue weighted by Gasteiger charge is 2.32. The zero-order valence-corrected chi connectivity index (χ0v) is 25.6. The van der Waals surface area contributed by atoms with Gasteiger partial charge in [-0.2, -0.15) is 0 Å². The molecule has 0 aliphatic heterocycles. The van der Waals surface area contributed by atoms with Crippen LogP contribution in [0.15, 0.2) is 144 Å². The summed E-state index contributed by atoms with van der Waals surface area (Å²) in [7, 11) is -3.95. The van der Waals surface area contributed by atoms with Gasteiger partial charge in [-0.15, -0.1) is 0 Å². The summed E-state index contributed by atoms with van der Waals surface area (Å²) in [5.74, 6) is -1.01. The molecule has 0 radical (unpaired) electrons. The molecule has 2 N–H and O–H groups in total. The molecule has 0 bridgehead atoms. The highest BCUT2D eigenvalue weighted by Crippen LogP contribution is 2.25. The average Bonchev–Trinajstić information content (AvgIpc) is 3.08. The lowest BCUT2D eigenvalue weighted by atomic mass is 10.0. The molecule has 0 spiro atoms. The molecule has 0 aliphatic carbocycles. The minimum absolute atomic E-state index is 0.0413. The second-order valence-electron chi connectivity index (χ2n) is 10.4. The molecule has 5 rings (SSSR count). The van der Waals surface area contributed by atoms with E-state index in [9.17, 15) is 22.4 Å². The molecule has 234 valence electrons. The minimum Gasteiger partial charge on any atom is -0.484 e. The molecule has 8 nitrogen and oxygen atoms in total. The standard InChI is InChI=1S/C36H32FN3O5S/c37-30-16-18-31(19-17-30)39-46(43,44)33-22-20-32(21-23-33)45-26-34(41)40(25-28-12-6-2-7-13-28)35(29-14-8-3-9-15-29)36(42)38-24-27-10-4-1-5-11-27/h1-23,35,39H,24-26H2,(H,38,42). The lowest BCUT2D eigenvalue weighted by molar-refractivity contribution is -0.143. The van der Waals surface area contributed by atoms with E-state index in [0.717, 1.165) is 23.3 Å². The highest BCUT2D eigenvalue weighted by atomic mass is 32.2. The molecule has 1 unspecified atom stereocenters. The number of carbonyl (C=O) groups excluding carboxylic acids is 2. The van der Waals surface area contributed by atoms with Crippen molar-refractivity contribution in [2.75, 3.05) is 11.3 Å². The van der Waals surface area contributed by atoms with Crippen LogP contribution in [0.4, 0.5) is 10.1 Å². The summed E-state index contributed by atoms with van der Waals surface area (Å²) in [5, 5.41) is 2.98. The first-order chi connectivity index (χ1) is 22.3. The fourth-order valence-electron chi connectivity index (χ4n) is 4.77. The zero-order chi connectivity index (χ0) is 32.4. The molecule has 0 fully saturated rings. The summed E-state index contributed by atoms with van der Waals surface area (Å²) in [5.41, 5.74) is 2.60. The van der Waals surface area contributed by atoms with Crippen LogP contribution >= 0.6 is 0 Å². The van der Waals surface area contributed by atoms with E-state index in [1.54, 1.807) is 12.1 Å². The first-order valence-corrected chi connectivity index (χ1v) is 16.0. The monoisotopic (exact) mass is 637 g/mol. The average molecular weight is 638 g/mol. The normalized spacial score (nSPS) is 11.7. The van der Waals surface area contributed by atoms with Crippen LogP contribution in [-0.4, -0.2) is 31.7 Å². The summed E-state index contributed by atoms with van der Waals surface area (Å²) < 4.78 is 47.0. The Morgan fingerprint density at radius 1 is 0.717 bits per heavy atom. The third-order valence-electron chi connectivity index (χ3n) is 7.09. The van der Waals surface area contributed by atoms with Crippen LogP contribution in [0.5, 0.6) is 5.75 Å². The summed E-state index contributed by atoms with van der Waals surface area (Å²) in [4.78, 5) is 29.1. The van der Waals surface area contributed by atoms with Gasteiger partial charge in [-0.1, -0.05) is 91.0 Å². The lowest BCUT2D eigenvalue weighted by Crippen LogP contribution is -2.45. The predicted molar refractivity (Wildman–Crippen MR) is 174 cm³/mol. The molecule has 1 atom stereocenters. The molecule has 2 amide bonds. The molecule has 0 saturated carbocycles. The molecular weight excluding hydrogens is 605 g/mol. The van der Waals surface area contributed by atoms with Crippen molar-refractivity contribution in [3.05, 3.63) is 162 Å². The second kappa shape index (κ2) is 15.0. The number of anilines is 1. The molecule has 0 heterocycles. The SMILES string of the molecule is O=C(NCc1ccccc1)C(c1ccccc1)N(Cc1ccccc1)C(=O)COc1ccc(S(=O)(=O)Nc2ccc(F)cc2)cc1. The molecule has 10 heteroatoms. The third-order valence-corrected chi connectivity index (χ3v) is 8.49. The number of benzene rings is 5. The van der Waals surface area contributed by atoms with Gasteiger partial charge in [0.05, 0.1) is 4.90 Å². The summed E-state index contributed by atoms with van der Waals surface area (Å²) in [6.07, 6.45) is 0. The molecule has 5 aromatic rings. The van der Waals surface area contributed by atoms with Crippen molar-refractivity contribution < 1.29 is 27.1 Å². The third kappa shape index (κ3) is 8.58. The Hall–Kier alpha value is -5.48. The van der Waals surface area contributed by atoms with Gasteiger partial charge < -0.3 is 15.0 Å². The Balaban J connectivity index is 1.34. The van der Waals surface area contributed by atoms with Gasteiger partial charge in [0.25, 0.3) is 15.9 Å². The number of hydrogen-bond donors (Lipinski definition) is 2. The largest absolute Gasteiger partial charge is 0.484 e. The smallest absolute Gasteiger partial charge is 0.261 e. The fraction of sp³-hybridized carbons (Fsp3) is 0.111. The Morgan fingerprint density at radius 2 is 1.28 bits per heavy atom. The van der Waals surface area contributed by atoms with Crippen LogP contribution in [0, 0.1) is 5.82 Å². The maximum absolute atomic E-state index is 13.9. The van der Waals surface area contributed by atoms with Crippen molar-refractivity contribution in [2.24, 2.45) is 0 Å². The quantitative estimate of drug-likeness (QED) is 0.163. The Kier molecular flexibility index (Phi) is 10.4. The Labute approximate surface area is 267 Å². The van der Waals surface area contributed by atoms with Gasteiger partial charge >= 0.3 is 0 Å². The van der Waals surface area contributed by atoms with E-state index in [2.05, 4.69) is 10.0 Å². The van der Waals surface area contributed by atoms with Crippen LogP contribution in [0.25, 0.3) is 0 Å². The summed E-state index contributed by atoms with van der Waals surface area (Å²) in [6.45, 7) is 0.0355. The highest BCUT2D eigenvalue weighted by molar-refractivity contribution is 7.92. The van der Waals surface area contributed by atoms with Crippen LogP contribution in [-0.2, 0) is 32.7 Å². The molecule has 46 heavy (non-hydrogen) atoms. The molecule has 0 saturated heterocycles. The van der Waals surface area contributed by atoms with Crippen LogP contribution in [0.2, 0.25) is 0 Å². The van der Waals surface area contributed by atoms with E-state index < -0.39 is 34.4 Å². The van der Waals surface area contributed by atoms with E-state index in [-0.39, 0.29) is 35.3 Å². The van der Waals surface area contributed by atoms with Gasteiger partial charge in [-0.25, -0.2) is 12.8 Å². The number of rotatable bonds is 13. The van der Waals surface area contributed by atoms with Gasteiger partial charge in [0.1, 0.15) is 17.6 Å². The van der Waals surface area contributed by atoms with Gasteiger partial charge in [0, 0.05) is 18.8 Å². The molecule has 0 aromatic heterocycles. The van der Waals surface area contributed by atoms with Crippen molar-refractivity contribution in [1.29, 1.82) is 0 Å². The topological polar surface area (TPSA) is 105 Å². The molecule has 0 aliphatic rings. The maximum Gasteiger partial charge on any atom is 0.261 e. The van der Waals surface area contributed by atoms with Gasteiger partial charge in [0.2, 0.25) is 5.91 Å². The fourth-order valence-corrected chi connectivity index (χ4v) is 5.83. The molecule has 5 aromatic carbocycles. The number of amides is 2. The van der Waals surface area contributed by atoms with Crippen molar-refractivity contribution in [3.63, 3.8) is 0 Å². The number of ether oxygens (including phenoxy) is 1. The van der Waals surface area contributed by atoms with Crippen molar-refractivity contribution >= 4 is 27.5 Å². The van der Waals surface area contributed by atoms with Crippen molar-refractivity contribution in [1.82, 2.24) is 10.2 Å². The number of halogens is 1. The van der Waals surface area contributed by atoms with Gasteiger partial charge in [-0.05, 0) is 65.2 Å². The van der Waals surface area contributed by atoms with Gasteiger partial charge in [-0.3, -0.25) is 14.3 Å². The second-order valence-corrected chi connectivity index (χ2v) is 12.1. The number of nitrogens with zero attached hydrogens (tertiary/aromatic N) is 1. The van der Waals surface area contributed by atoms with Crippen LogP contribution in [0.1, 0.15) is 22.7 Å². The summed E-state index contributed by atoms with van der Waals surface area (Å²) in [6, 6.07) is 37.5. The van der Waals surface area contributed by atoms with Crippen LogP contribution < -0.4 is 14.8 Å². The predicted octanol–water partition coefficient (Wildman–Crippen LogP) is 6.09. The number of carbonyl (C=O) groups is 2. The summed E-state index contributed by atoms with van der Waals surface area (Å²) >= 11 is 0. The lowest BCUT2D eigenvalue weighted by Gasteiger charge is -2.31. The Bertz CT molecular complexity index is 1840. The van der Waals surface area contributed by atoms with E-state index in [0.29, 0.717) is 5.56 Å². The maximum atomic E-state index is 13.9. The van der Waals surface area contributed by atoms with Crippen LogP contribution in [0.3, 0.4) is 0 Å². The van der Waals surface area contributed by atoms with Crippen molar-refractivity contribution in [2.45, 2.75) is 24.0 Å². The first kappa shape index (κ1) is 31.9. The van der Waals surface area contributed by atoms with Gasteiger partial charge in [0.15, 0.2) is 6.61 Å². The van der Waals surface area contributed by atoms with E-state index in [1.807, 2.05) is 78.9 Å². The number of nitrogens with one attached hydrogen (secondary N) is 2. The minimum atomic E-state index is -3.95. The van der Waals surface area contributed by atoms with Crippen molar-refractivity contribution in [3.8, 4) is 5.75 Å².